The van der Waals surface area contributed by atoms with Crippen molar-refractivity contribution in [1.82, 2.24) is 4.90 Å². The fraction of sp³-hybridized carbons (Fsp3) is 0.273. The summed E-state index contributed by atoms with van der Waals surface area (Å²) in [4.78, 5) is 2.06. The smallest absolute Gasteiger partial charge is 0.152 e. The van der Waals surface area contributed by atoms with Gasteiger partial charge >= 0.3 is 0 Å². The highest BCUT2D eigenvalue weighted by Gasteiger charge is 2.06. The van der Waals surface area contributed by atoms with Gasteiger partial charge in [-0.15, -0.1) is 0 Å². The molecule has 0 spiro atoms. The minimum absolute atomic E-state index is 0.674. The molecule has 0 atom stereocenters. The maximum Gasteiger partial charge on any atom is 0.152 e. The van der Waals surface area contributed by atoms with Crippen molar-refractivity contribution in [3.63, 3.8) is 0 Å². The Labute approximate surface area is 88.1 Å². The van der Waals surface area contributed by atoms with Gasteiger partial charge in [0.1, 0.15) is 5.76 Å². The van der Waals surface area contributed by atoms with E-state index in [1.165, 1.54) is 0 Å². The lowest BCUT2D eigenvalue weighted by atomic mass is 10.2. The van der Waals surface area contributed by atoms with E-state index in [0.29, 0.717) is 5.02 Å². The minimum atomic E-state index is 0.674. The van der Waals surface area contributed by atoms with Gasteiger partial charge in [-0.3, -0.25) is 0 Å². The lowest BCUT2D eigenvalue weighted by Gasteiger charge is -2.04. The summed E-state index contributed by atoms with van der Waals surface area (Å²) in [6, 6.07) is 7.80. The highest BCUT2D eigenvalue weighted by atomic mass is 35.5. The van der Waals surface area contributed by atoms with Crippen molar-refractivity contribution in [2.24, 2.45) is 0 Å². The van der Waals surface area contributed by atoms with Crippen LogP contribution in [0.3, 0.4) is 0 Å². The zero-order chi connectivity index (χ0) is 10.1. The van der Waals surface area contributed by atoms with Gasteiger partial charge in [-0.1, -0.05) is 23.7 Å². The largest absolute Gasteiger partial charge is 0.458 e. The first-order valence-electron chi connectivity index (χ1n) is 4.48. The van der Waals surface area contributed by atoms with Crippen molar-refractivity contribution in [2.75, 3.05) is 14.1 Å². The predicted molar refractivity (Wildman–Crippen MR) is 58.6 cm³/mol. The molecule has 0 fully saturated rings. The Morgan fingerprint density at radius 2 is 2.14 bits per heavy atom. The monoisotopic (exact) mass is 209 g/mol. The molecule has 2 nitrogen and oxygen atoms in total. The third kappa shape index (κ3) is 1.76. The van der Waals surface area contributed by atoms with E-state index < -0.39 is 0 Å². The van der Waals surface area contributed by atoms with Crippen LogP contribution in [0, 0.1) is 0 Å². The molecule has 2 aromatic rings. The average molecular weight is 210 g/mol. The molecule has 0 N–H and O–H groups in total. The molecule has 0 saturated heterocycles. The Balaban J connectivity index is 2.46. The van der Waals surface area contributed by atoms with Gasteiger partial charge in [-0.2, -0.15) is 0 Å². The van der Waals surface area contributed by atoms with Crippen LogP contribution in [-0.2, 0) is 6.54 Å². The molecule has 74 valence electrons. The molecule has 1 aromatic carbocycles. The number of para-hydroxylation sites is 1. The molecule has 3 heteroatoms. The van der Waals surface area contributed by atoms with Crippen LogP contribution in [0.15, 0.2) is 28.7 Å². The molecular weight excluding hydrogens is 198 g/mol. The molecule has 1 heterocycles. The first-order valence-corrected chi connectivity index (χ1v) is 4.86. The molecule has 1 aromatic heterocycles. The summed E-state index contributed by atoms with van der Waals surface area (Å²) in [7, 11) is 4.02. The van der Waals surface area contributed by atoms with Gasteiger partial charge in [-0.25, -0.2) is 0 Å². The summed E-state index contributed by atoms with van der Waals surface area (Å²) < 4.78 is 5.64. The summed E-state index contributed by atoms with van der Waals surface area (Å²) in [6.45, 7) is 0.797. The highest BCUT2D eigenvalue weighted by Crippen LogP contribution is 2.26. The van der Waals surface area contributed by atoms with E-state index in [4.69, 9.17) is 16.0 Å². The summed E-state index contributed by atoms with van der Waals surface area (Å²) in [6.07, 6.45) is 0. The van der Waals surface area contributed by atoms with Crippen LogP contribution < -0.4 is 0 Å². The van der Waals surface area contributed by atoms with Crippen molar-refractivity contribution in [1.29, 1.82) is 0 Å². The molecule has 0 bridgehead atoms. The Bertz CT molecular complexity index is 447. The van der Waals surface area contributed by atoms with Crippen LogP contribution in [0.25, 0.3) is 11.0 Å². The molecule has 0 radical (unpaired) electrons. The number of benzene rings is 1. The Kier molecular flexibility index (Phi) is 2.48. The van der Waals surface area contributed by atoms with Crippen molar-refractivity contribution in [3.8, 4) is 0 Å². The second-order valence-corrected chi connectivity index (χ2v) is 4.02. The van der Waals surface area contributed by atoms with Crippen LogP contribution in [0.1, 0.15) is 5.76 Å². The number of fused-ring (bicyclic) bond motifs is 1. The van der Waals surface area contributed by atoms with Gasteiger partial charge in [0.25, 0.3) is 0 Å². The van der Waals surface area contributed by atoms with E-state index in [0.717, 1.165) is 23.3 Å². The van der Waals surface area contributed by atoms with Gasteiger partial charge in [0.05, 0.1) is 11.6 Å². The van der Waals surface area contributed by atoms with E-state index in [1.807, 2.05) is 38.4 Å². The van der Waals surface area contributed by atoms with Gasteiger partial charge < -0.3 is 9.32 Å². The Morgan fingerprint density at radius 3 is 2.79 bits per heavy atom. The third-order valence-corrected chi connectivity index (χ3v) is 2.32. The number of rotatable bonds is 2. The van der Waals surface area contributed by atoms with E-state index in [1.54, 1.807) is 0 Å². The molecule has 0 saturated carbocycles. The fourth-order valence-electron chi connectivity index (χ4n) is 1.47. The quantitative estimate of drug-likeness (QED) is 0.756. The SMILES string of the molecule is CN(C)Cc1cc2cccc(Cl)c2o1. The molecule has 0 aliphatic carbocycles. The number of halogens is 1. The summed E-state index contributed by atoms with van der Waals surface area (Å²) in [5, 5.41) is 1.74. The van der Waals surface area contributed by atoms with Gasteiger partial charge in [-0.05, 0) is 26.2 Å². The van der Waals surface area contributed by atoms with E-state index in [-0.39, 0.29) is 0 Å². The van der Waals surface area contributed by atoms with Gasteiger partial charge in [0.15, 0.2) is 5.58 Å². The summed E-state index contributed by atoms with van der Waals surface area (Å²) in [5.74, 6) is 0.943. The van der Waals surface area contributed by atoms with Crippen molar-refractivity contribution >= 4 is 22.6 Å². The van der Waals surface area contributed by atoms with Gasteiger partial charge in [0.2, 0.25) is 0 Å². The summed E-state index contributed by atoms with van der Waals surface area (Å²) >= 11 is 6.00. The first kappa shape index (κ1) is 9.56. The van der Waals surface area contributed by atoms with Crippen molar-refractivity contribution < 1.29 is 4.42 Å². The number of hydrogen-bond donors (Lipinski definition) is 0. The first-order chi connectivity index (χ1) is 6.66. The van der Waals surface area contributed by atoms with Crippen LogP contribution >= 0.6 is 11.6 Å². The van der Waals surface area contributed by atoms with E-state index >= 15 is 0 Å². The molecule has 2 rings (SSSR count). The predicted octanol–water partition coefficient (Wildman–Crippen LogP) is 3.15. The second kappa shape index (κ2) is 3.64. The van der Waals surface area contributed by atoms with Crippen LogP contribution in [0.5, 0.6) is 0 Å². The van der Waals surface area contributed by atoms with Crippen LogP contribution in [-0.4, -0.2) is 19.0 Å². The zero-order valence-electron chi connectivity index (χ0n) is 8.25. The second-order valence-electron chi connectivity index (χ2n) is 3.61. The number of hydrogen-bond acceptors (Lipinski definition) is 2. The molecule has 14 heavy (non-hydrogen) atoms. The normalized spacial score (nSPS) is 11.4. The summed E-state index contributed by atoms with van der Waals surface area (Å²) in [5.41, 5.74) is 0.783. The Morgan fingerprint density at radius 1 is 1.36 bits per heavy atom. The zero-order valence-corrected chi connectivity index (χ0v) is 9.01. The topological polar surface area (TPSA) is 16.4 Å². The van der Waals surface area contributed by atoms with Crippen molar-refractivity contribution in [2.45, 2.75) is 6.54 Å². The van der Waals surface area contributed by atoms with Gasteiger partial charge in [0, 0.05) is 5.39 Å². The minimum Gasteiger partial charge on any atom is -0.458 e. The van der Waals surface area contributed by atoms with E-state index in [2.05, 4.69) is 4.90 Å². The van der Waals surface area contributed by atoms with Crippen LogP contribution in [0.4, 0.5) is 0 Å². The Hall–Kier alpha value is -0.990. The van der Waals surface area contributed by atoms with Crippen molar-refractivity contribution in [3.05, 3.63) is 35.0 Å². The maximum atomic E-state index is 6.00. The molecule has 0 aliphatic heterocycles. The third-order valence-electron chi connectivity index (χ3n) is 2.02. The average Bonchev–Trinajstić information content (AvgIpc) is 2.47. The number of nitrogens with zero attached hydrogens (tertiary/aromatic N) is 1. The maximum absolute atomic E-state index is 6.00. The lowest BCUT2D eigenvalue weighted by Crippen LogP contribution is -2.09. The molecule has 0 unspecified atom stereocenters. The lowest BCUT2D eigenvalue weighted by molar-refractivity contribution is 0.358. The van der Waals surface area contributed by atoms with Crippen LogP contribution in [0.2, 0.25) is 5.02 Å². The molecule has 0 amide bonds. The standard InChI is InChI=1S/C11H12ClNO/c1-13(2)7-9-6-8-4-3-5-10(12)11(8)14-9/h3-6H,7H2,1-2H3. The number of furan rings is 1. The highest BCUT2D eigenvalue weighted by molar-refractivity contribution is 6.34. The molecular formula is C11H12ClNO. The fourth-order valence-corrected chi connectivity index (χ4v) is 1.69. The molecule has 0 aliphatic rings. The van der Waals surface area contributed by atoms with E-state index in [9.17, 15) is 0 Å².